The van der Waals surface area contributed by atoms with Crippen molar-refractivity contribution >= 4 is 5.69 Å². The van der Waals surface area contributed by atoms with Gasteiger partial charge in [0.2, 0.25) is 0 Å². The van der Waals surface area contributed by atoms with E-state index in [0.717, 1.165) is 38.1 Å². The molecular weight excluding hydrogens is 239 g/mol. The Morgan fingerprint density at radius 2 is 2.22 bits per heavy atom. The Kier molecular flexibility index (Phi) is 6.07. The lowest BCUT2D eigenvalue weighted by Crippen LogP contribution is -2.18. The molecule has 1 aromatic rings. The average Bonchev–Trinajstić information content (AvgIpc) is 2.35. The molecule has 0 aliphatic rings. The molecule has 0 fully saturated rings. The van der Waals surface area contributed by atoms with Crippen LogP contribution >= 0.6 is 0 Å². The smallest absolute Gasteiger partial charge is 0.313 e. The minimum atomic E-state index is -0.645. The zero-order chi connectivity index (χ0) is 13.4. The normalized spacial score (nSPS) is 10.3. The number of rotatable bonds is 8. The van der Waals surface area contributed by atoms with Crippen molar-refractivity contribution in [2.24, 2.45) is 0 Å². The molecule has 1 rings (SSSR count). The summed E-state index contributed by atoms with van der Waals surface area (Å²) in [6, 6.07) is 3.30. The van der Waals surface area contributed by atoms with E-state index in [1.54, 1.807) is 0 Å². The van der Waals surface area contributed by atoms with E-state index in [0.29, 0.717) is 6.61 Å². The van der Waals surface area contributed by atoms with E-state index < -0.39 is 10.7 Å². The fourth-order valence-electron chi connectivity index (χ4n) is 1.44. The number of hydrogen-bond acceptors (Lipinski definition) is 4. The molecule has 0 unspecified atom stereocenters. The third-order valence-corrected chi connectivity index (χ3v) is 2.30. The summed E-state index contributed by atoms with van der Waals surface area (Å²) in [7, 11) is 0. The predicted octanol–water partition coefficient (Wildman–Crippen LogP) is 2.50. The van der Waals surface area contributed by atoms with Crippen molar-refractivity contribution in [3.63, 3.8) is 0 Å². The highest BCUT2D eigenvalue weighted by Crippen LogP contribution is 2.27. The van der Waals surface area contributed by atoms with Crippen molar-refractivity contribution in [3.05, 3.63) is 34.1 Å². The Bertz CT molecular complexity index is 399. The van der Waals surface area contributed by atoms with E-state index in [2.05, 4.69) is 12.2 Å². The van der Waals surface area contributed by atoms with Gasteiger partial charge < -0.3 is 10.1 Å². The van der Waals surface area contributed by atoms with E-state index in [9.17, 15) is 14.5 Å². The largest absolute Gasteiger partial charge is 0.487 e. The molecule has 0 atom stereocenters. The summed E-state index contributed by atoms with van der Waals surface area (Å²) in [5, 5.41) is 13.9. The minimum absolute atomic E-state index is 0.108. The fourth-order valence-corrected chi connectivity index (χ4v) is 1.44. The van der Waals surface area contributed by atoms with E-state index >= 15 is 0 Å². The van der Waals surface area contributed by atoms with Gasteiger partial charge in [-0.1, -0.05) is 6.92 Å². The molecule has 0 heterocycles. The van der Waals surface area contributed by atoms with Gasteiger partial charge in [-0.25, -0.2) is 4.39 Å². The Morgan fingerprint density at radius 3 is 2.89 bits per heavy atom. The quantitative estimate of drug-likeness (QED) is 0.441. The first-order valence-electron chi connectivity index (χ1n) is 5.92. The van der Waals surface area contributed by atoms with Crippen molar-refractivity contribution in [3.8, 4) is 5.75 Å². The van der Waals surface area contributed by atoms with E-state index in [1.165, 1.54) is 6.07 Å². The van der Waals surface area contributed by atoms with E-state index in [-0.39, 0.29) is 11.4 Å². The molecule has 0 aliphatic carbocycles. The molecule has 1 aromatic carbocycles. The summed E-state index contributed by atoms with van der Waals surface area (Å²) >= 11 is 0. The molecule has 0 amide bonds. The molecule has 0 saturated carbocycles. The summed E-state index contributed by atoms with van der Waals surface area (Å²) in [6.07, 6.45) is 1.80. The molecular formula is C12H17FN2O3. The van der Waals surface area contributed by atoms with Crippen LogP contribution in [0.5, 0.6) is 5.75 Å². The fraction of sp³-hybridized carbons (Fsp3) is 0.500. The number of nitrogens with zero attached hydrogens (tertiary/aromatic N) is 1. The maximum absolute atomic E-state index is 12.9. The van der Waals surface area contributed by atoms with Crippen LogP contribution < -0.4 is 10.1 Å². The van der Waals surface area contributed by atoms with Gasteiger partial charge in [0.05, 0.1) is 17.6 Å². The Hall–Kier alpha value is -1.69. The third kappa shape index (κ3) is 4.67. The van der Waals surface area contributed by atoms with Gasteiger partial charge in [0.15, 0.2) is 5.75 Å². The molecule has 5 nitrogen and oxygen atoms in total. The first-order chi connectivity index (χ1) is 8.65. The first-order valence-corrected chi connectivity index (χ1v) is 5.92. The van der Waals surface area contributed by atoms with Gasteiger partial charge in [0.25, 0.3) is 0 Å². The summed E-state index contributed by atoms with van der Waals surface area (Å²) in [6.45, 7) is 4.17. The Balaban J connectivity index is 2.44. The number of ether oxygens (including phenoxy) is 1. The van der Waals surface area contributed by atoms with Gasteiger partial charge >= 0.3 is 5.69 Å². The average molecular weight is 256 g/mol. The molecule has 18 heavy (non-hydrogen) atoms. The summed E-state index contributed by atoms with van der Waals surface area (Å²) < 4.78 is 18.2. The molecule has 6 heteroatoms. The van der Waals surface area contributed by atoms with Crippen molar-refractivity contribution in [2.45, 2.75) is 19.8 Å². The lowest BCUT2D eigenvalue weighted by Gasteiger charge is -2.07. The van der Waals surface area contributed by atoms with E-state index in [4.69, 9.17) is 4.74 Å². The molecule has 0 aromatic heterocycles. The number of benzene rings is 1. The molecule has 0 radical (unpaired) electrons. The molecule has 1 N–H and O–H groups in total. The van der Waals surface area contributed by atoms with Gasteiger partial charge in [0.1, 0.15) is 5.82 Å². The molecule has 0 bridgehead atoms. The second-order valence-electron chi connectivity index (χ2n) is 3.82. The van der Waals surface area contributed by atoms with Crippen molar-refractivity contribution in [1.82, 2.24) is 5.32 Å². The zero-order valence-corrected chi connectivity index (χ0v) is 10.3. The predicted molar refractivity (Wildman–Crippen MR) is 66.3 cm³/mol. The highest BCUT2D eigenvalue weighted by Gasteiger charge is 2.15. The lowest BCUT2D eigenvalue weighted by molar-refractivity contribution is -0.386. The van der Waals surface area contributed by atoms with Crippen molar-refractivity contribution < 1.29 is 14.1 Å². The third-order valence-electron chi connectivity index (χ3n) is 2.30. The van der Waals surface area contributed by atoms with Crippen LogP contribution in [0.4, 0.5) is 10.1 Å². The van der Waals surface area contributed by atoms with Crippen LogP contribution in [0, 0.1) is 15.9 Å². The van der Waals surface area contributed by atoms with Crippen molar-refractivity contribution in [2.75, 3.05) is 19.7 Å². The highest BCUT2D eigenvalue weighted by molar-refractivity contribution is 5.46. The zero-order valence-electron chi connectivity index (χ0n) is 10.3. The number of nitro groups is 1. The maximum atomic E-state index is 12.9. The number of nitrogens with one attached hydrogen (secondary N) is 1. The number of halogens is 1. The van der Waals surface area contributed by atoms with Gasteiger partial charge in [0, 0.05) is 0 Å². The van der Waals surface area contributed by atoms with Gasteiger partial charge in [-0.2, -0.15) is 0 Å². The second-order valence-corrected chi connectivity index (χ2v) is 3.82. The van der Waals surface area contributed by atoms with Gasteiger partial charge in [-0.3, -0.25) is 10.1 Å². The van der Waals surface area contributed by atoms with Gasteiger partial charge in [-0.15, -0.1) is 0 Å². The molecule has 0 aliphatic heterocycles. The van der Waals surface area contributed by atoms with Crippen LogP contribution in [0.15, 0.2) is 18.2 Å². The Morgan fingerprint density at radius 1 is 1.44 bits per heavy atom. The highest BCUT2D eigenvalue weighted by atomic mass is 19.1. The molecule has 0 saturated heterocycles. The molecule has 0 spiro atoms. The Labute approximate surface area is 105 Å². The molecule has 100 valence electrons. The van der Waals surface area contributed by atoms with Crippen molar-refractivity contribution in [1.29, 1.82) is 0 Å². The summed E-state index contributed by atoms with van der Waals surface area (Å²) in [5.41, 5.74) is -0.337. The first kappa shape index (κ1) is 14.4. The summed E-state index contributed by atoms with van der Waals surface area (Å²) in [4.78, 5) is 10.0. The second kappa shape index (κ2) is 7.60. The maximum Gasteiger partial charge on any atom is 0.313 e. The SMILES string of the molecule is CCCNCCCOc1ccc(F)cc1[N+](=O)[O-]. The van der Waals surface area contributed by atoms with Crippen LogP contribution in [-0.4, -0.2) is 24.6 Å². The standard InChI is InChI=1S/C12H17FN2O3/c1-2-6-14-7-3-8-18-12-5-4-10(13)9-11(12)15(16)17/h4-5,9,14H,2-3,6-8H2,1H3. The van der Waals surface area contributed by atoms with Crippen LogP contribution in [0.3, 0.4) is 0 Å². The van der Waals surface area contributed by atoms with Crippen LogP contribution in [0.1, 0.15) is 19.8 Å². The van der Waals surface area contributed by atoms with Gasteiger partial charge in [-0.05, 0) is 38.1 Å². The number of hydrogen-bond donors (Lipinski definition) is 1. The van der Waals surface area contributed by atoms with Crippen LogP contribution in [0.25, 0.3) is 0 Å². The lowest BCUT2D eigenvalue weighted by atomic mass is 10.3. The summed E-state index contributed by atoms with van der Waals surface area (Å²) in [5.74, 6) is -0.532. The van der Waals surface area contributed by atoms with Crippen LogP contribution in [0.2, 0.25) is 0 Å². The van der Waals surface area contributed by atoms with Crippen LogP contribution in [-0.2, 0) is 0 Å². The number of nitro benzene ring substituents is 1. The minimum Gasteiger partial charge on any atom is -0.487 e. The monoisotopic (exact) mass is 256 g/mol. The topological polar surface area (TPSA) is 64.4 Å². The van der Waals surface area contributed by atoms with E-state index in [1.807, 2.05) is 0 Å².